The van der Waals surface area contributed by atoms with Gasteiger partial charge < -0.3 is 4.74 Å². The van der Waals surface area contributed by atoms with E-state index in [1.54, 1.807) is 11.4 Å². The third-order valence-electron chi connectivity index (χ3n) is 3.21. The van der Waals surface area contributed by atoms with Crippen molar-refractivity contribution in [3.8, 4) is 0 Å². The van der Waals surface area contributed by atoms with Crippen LogP contribution in [-0.2, 0) is 20.6 Å². The summed E-state index contributed by atoms with van der Waals surface area (Å²) in [5, 5.41) is 1.77. The summed E-state index contributed by atoms with van der Waals surface area (Å²) in [6, 6.07) is 1.64. The molecule has 108 valence electrons. The second kappa shape index (κ2) is 6.54. The lowest BCUT2D eigenvalue weighted by Crippen LogP contribution is -2.36. The van der Waals surface area contributed by atoms with Gasteiger partial charge in [0.25, 0.3) is 0 Å². The predicted octanol–water partition coefficient (Wildman–Crippen LogP) is 2.68. The molecule has 1 atom stereocenters. The first-order valence-corrected chi connectivity index (χ1v) is 9.19. The van der Waals surface area contributed by atoms with Gasteiger partial charge in [0.2, 0.25) is 10.0 Å². The van der Waals surface area contributed by atoms with Gasteiger partial charge in [0.05, 0.1) is 16.9 Å². The van der Waals surface area contributed by atoms with Gasteiger partial charge in [0.1, 0.15) is 0 Å². The molecule has 0 N–H and O–H groups in total. The van der Waals surface area contributed by atoms with Crippen molar-refractivity contribution in [3.63, 3.8) is 0 Å². The highest BCUT2D eigenvalue weighted by molar-refractivity contribution is 7.89. The van der Waals surface area contributed by atoms with E-state index in [-0.39, 0.29) is 12.0 Å². The third kappa shape index (κ3) is 3.31. The summed E-state index contributed by atoms with van der Waals surface area (Å²) in [6.07, 6.45) is 1.53. The molecule has 0 aliphatic carbocycles. The third-order valence-corrected chi connectivity index (χ3v) is 6.64. The van der Waals surface area contributed by atoms with Crippen LogP contribution < -0.4 is 0 Å². The van der Waals surface area contributed by atoms with E-state index < -0.39 is 10.0 Å². The van der Waals surface area contributed by atoms with E-state index in [1.807, 2.05) is 6.92 Å². The molecule has 2 heterocycles. The van der Waals surface area contributed by atoms with Gasteiger partial charge in [0, 0.05) is 24.6 Å². The summed E-state index contributed by atoms with van der Waals surface area (Å²) in [5.41, 5.74) is 0. The van der Waals surface area contributed by atoms with Crippen LogP contribution in [0.3, 0.4) is 0 Å². The van der Waals surface area contributed by atoms with E-state index in [0.717, 1.165) is 12.8 Å². The summed E-state index contributed by atoms with van der Waals surface area (Å²) < 4.78 is 32.5. The number of hydrogen-bond donors (Lipinski definition) is 0. The van der Waals surface area contributed by atoms with E-state index in [9.17, 15) is 8.42 Å². The standard InChI is InChI=1S/C12H18ClNO3S2/c1-2-10-9-14(5-3-6-17-10)19(15,16)12-4-7-18-11(12)8-13/h4,7,10H,2-3,5-6,8-9H2,1H3. The van der Waals surface area contributed by atoms with E-state index in [0.29, 0.717) is 29.5 Å². The van der Waals surface area contributed by atoms with Gasteiger partial charge in [-0.15, -0.1) is 22.9 Å². The summed E-state index contributed by atoms with van der Waals surface area (Å²) >= 11 is 7.19. The van der Waals surface area contributed by atoms with Crippen molar-refractivity contribution in [2.75, 3.05) is 19.7 Å². The molecular weight excluding hydrogens is 306 g/mol. The van der Waals surface area contributed by atoms with E-state index in [2.05, 4.69) is 0 Å². The number of hydrogen-bond acceptors (Lipinski definition) is 4. The van der Waals surface area contributed by atoms with Crippen LogP contribution in [-0.4, -0.2) is 38.5 Å². The van der Waals surface area contributed by atoms with Crippen LogP contribution >= 0.6 is 22.9 Å². The van der Waals surface area contributed by atoms with Crippen molar-refractivity contribution >= 4 is 33.0 Å². The molecule has 0 radical (unpaired) electrons. The molecule has 2 rings (SSSR count). The SMILES string of the molecule is CCC1CN(S(=O)(=O)c2ccsc2CCl)CCCO1. The largest absolute Gasteiger partial charge is 0.377 e. The highest BCUT2D eigenvalue weighted by Gasteiger charge is 2.30. The highest BCUT2D eigenvalue weighted by Crippen LogP contribution is 2.27. The summed E-state index contributed by atoms with van der Waals surface area (Å²) in [7, 11) is -3.45. The van der Waals surface area contributed by atoms with Crippen molar-refractivity contribution in [3.05, 3.63) is 16.3 Å². The quantitative estimate of drug-likeness (QED) is 0.800. The molecule has 0 aromatic carbocycles. The molecule has 4 nitrogen and oxygen atoms in total. The number of halogens is 1. The van der Waals surface area contributed by atoms with Crippen molar-refractivity contribution in [2.45, 2.75) is 36.6 Å². The first-order chi connectivity index (χ1) is 9.09. The number of alkyl halides is 1. The number of sulfonamides is 1. The second-order valence-electron chi connectivity index (χ2n) is 4.46. The highest BCUT2D eigenvalue weighted by atomic mass is 35.5. The lowest BCUT2D eigenvalue weighted by Gasteiger charge is -2.22. The van der Waals surface area contributed by atoms with Crippen LogP contribution in [0.15, 0.2) is 16.3 Å². The van der Waals surface area contributed by atoms with Gasteiger partial charge in [-0.05, 0) is 24.3 Å². The number of thiophene rings is 1. The van der Waals surface area contributed by atoms with Gasteiger partial charge in [-0.3, -0.25) is 0 Å². The molecule has 1 unspecified atom stereocenters. The lowest BCUT2D eigenvalue weighted by atomic mass is 10.3. The van der Waals surface area contributed by atoms with Crippen LogP contribution in [0.25, 0.3) is 0 Å². The van der Waals surface area contributed by atoms with Crippen molar-refractivity contribution in [1.29, 1.82) is 0 Å². The second-order valence-corrected chi connectivity index (χ2v) is 7.63. The molecule has 1 aromatic heterocycles. The Kier molecular flexibility index (Phi) is 5.25. The predicted molar refractivity (Wildman–Crippen MR) is 77.3 cm³/mol. The Hall–Kier alpha value is -0.140. The maximum Gasteiger partial charge on any atom is 0.244 e. The minimum absolute atomic E-state index is 0.0182. The molecule has 1 aliphatic heterocycles. The van der Waals surface area contributed by atoms with Crippen LogP contribution in [0.2, 0.25) is 0 Å². The fourth-order valence-electron chi connectivity index (χ4n) is 2.12. The molecule has 19 heavy (non-hydrogen) atoms. The molecule has 0 bridgehead atoms. The summed E-state index contributed by atoms with van der Waals surface area (Å²) in [4.78, 5) is 1.06. The van der Waals surface area contributed by atoms with Crippen molar-refractivity contribution in [1.82, 2.24) is 4.31 Å². The Balaban J connectivity index is 2.27. The maximum absolute atomic E-state index is 12.7. The van der Waals surface area contributed by atoms with Gasteiger partial charge in [-0.2, -0.15) is 4.31 Å². The Labute approximate surface area is 123 Å². The van der Waals surface area contributed by atoms with Crippen LogP contribution in [0.1, 0.15) is 24.6 Å². The molecule has 1 aromatic rings. The monoisotopic (exact) mass is 323 g/mol. The molecule has 7 heteroatoms. The Morgan fingerprint density at radius 1 is 1.58 bits per heavy atom. The van der Waals surface area contributed by atoms with E-state index >= 15 is 0 Å². The molecule has 0 spiro atoms. The first kappa shape index (κ1) is 15.3. The summed E-state index contributed by atoms with van der Waals surface area (Å²) in [6.45, 7) is 3.57. The number of rotatable bonds is 4. The fraction of sp³-hybridized carbons (Fsp3) is 0.667. The molecule has 0 amide bonds. The minimum Gasteiger partial charge on any atom is -0.377 e. The van der Waals surface area contributed by atoms with E-state index in [4.69, 9.17) is 16.3 Å². The molecule has 1 saturated heterocycles. The van der Waals surface area contributed by atoms with Crippen LogP contribution in [0.5, 0.6) is 0 Å². The zero-order valence-electron chi connectivity index (χ0n) is 10.8. The number of ether oxygens (including phenoxy) is 1. The average Bonchev–Trinajstić information content (AvgIpc) is 2.76. The molecular formula is C12H18ClNO3S2. The van der Waals surface area contributed by atoms with Gasteiger partial charge in [-0.1, -0.05) is 6.92 Å². The van der Waals surface area contributed by atoms with Crippen molar-refractivity contribution in [2.24, 2.45) is 0 Å². The summed E-state index contributed by atoms with van der Waals surface area (Å²) in [5.74, 6) is 0.230. The van der Waals surface area contributed by atoms with Gasteiger partial charge in [-0.25, -0.2) is 8.42 Å². The van der Waals surface area contributed by atoms with E-state index in [1.165, 1.54) is 15.6 Å². The smallest absolute Gasteiger partial charge is 0.244 e. The van der Waals surface area contributed by atoms with Crippen LogP contribution in [0.4, 0.5) is 0 Å². The normalized spacial score (nSPS) is 22.3. The Bertz CT molecular complexity index is 515. The molecule has 1 fully saturated rings. The Morgan fingerprint density at radius 2 is 2.37 bits per heavy atom. The zero-order chi connectivity index (χ0) is 13.9. The van der Waals surface area contributed by atoms with Gasteiger partial charge >= 0.3 is 0 Å². The lowest BCUT2D eigenvalue weighted by molar-refractivity contribution is 0.0593. The van der Waals surface area contributed by atoms with Crippen LogP contribution in [0, 0.1) is 0 Å². The first-order valence-electron chi connectivity index (χ1n) is 6.33. The molecule has 0 saturated carbocycles. The number of nitrogens with zero attached hydrogens (tertiary/aromatic N) is 1. The Morgan fingerprint density at radius 3 is 3.05 bits per heavy atom. The fourth-order valence-corrected chi connectivity index (χ4v) is 5.31. The maximum atomic E-state index is 12.7. The molecule has 1 aliphatic rings. The topological polar surface area (TPSA) is 46.6 Å². The zero-order valence-corrected chi connectivity index (χ0v) is 13.2. The van der Waals surface area contributed by atoms with Crippen molar-refractivity contribution < 1.29 is 13.2 Å². The minimum atomic E-state index is -3.45. The van der Waals surface area contributed by atoms with Gasteiger partial charge in [0.15, 0.2) is 0 Å². The average molecular weight is 324 g/mol.